The van der Waals surface area contributed by atoms with Crippen LogP contribution in [-0.4, -0.2) is 13.1 Å². The SMILES string of the molecule is CC1CCN(c2ccccc2CN)CC1.Cl.Cl. The Morgan fingerprint density at radius 2 is 1.76 bits per heavy atom. The number of nitrogens with zero attached hydrogens (tertiary/aromatic N) is 1. The van der Waals surface area contributed by atoms with Gasteiger partial charge in [0.2, 0.25) is 0 Å². The molecule has 1 saturated heterocycles. The molecule has 1 fully saturated rings. The monoisotopic (exact) mass is 276 g/mol. The Bertz CT molecular complexity index is 323. The van der Waals surface area contributed by atoms with Crippen LogP contribution < -0.4 is 10.6 Å². The minimum atomic E-state index is 0. The van der Waals surface area contributed by atoms with Crippen molar-refractivity contribution in [1.82, 2.24) is 0 Å². The summed E-state index contributed by atoms with van der Waals surface area (Å²) < 4.78 is 0. The van der Waals surface area contributed by atoms with Gasteiger partial charge in [-0.1, -0.05) is 25.1 Å². The fraction of sp³-hybridized carbons (Fsp3) is 0.538. The molecular formula is C13H22Cl2N2. The lowest BCUT2D eigenvalue weighted by Gasteiger charge is -2.33. The van der Waals surface area contributed by atoms with Crippen LogP contribution in [0.2, 0.25) is 0 Å². The molecular weight excluding hydrogens is 255 g/mol. The van der Waals surface area contributed by atoms with E-state index in [0.717, 1.165) is 5.92 Å². The maximum Gasteiger partial charge on any atom is 0.0411 e. The van der Waals surface area contributed by atoms with Crippen molar-refractivity contribution in [3.8, 4) is 0 Å². The number of rotatable bonds is 2. The maximum atomic E-state index is 5.76. The first kappa shape index (κ1) is 16.6. The van der Waals surface area contributed by atoms with Gasteiger partial charge in [0.25, 0.3) is 0 Å². The van der Waals surface area contributed by atoms with Crippen LogP contribution in [0.3, 0.4) is 0 Å². The lowest BCUT2D eigenvalue weighted by Crippen LogP contribution is -2.33. The molecule has 0 aromatic heterocycles. The number of anilines is 1. The van der Waals surface area contributed by atoms with Crippen LogP contribution in [0, 0.1) is 5.92 Å². The molecule has 0 radical (unpaired) electrons. The highest BCUT2D eigenvalue weighted by Gasteiger charge is 2.17. The zero-order valence-electron chi connectivity index (χ0n) is 10.3. The van der Waals surface area contributed by atoms with Crippen LogP contribution in [0.4, 0.5) is 5.69 Å². The van der Waals surface area contributed by atoms with Gasteiger partial charge >= 0.3 is 0 Å². The molecule has 0 amide bonds. The molecule has 0 unspecified atom stereocenters. The van der Waals surface area contributed by atoms with Crippen molar-refractivity contribution >= 4 is 30.5 Å². The molecule has 98 valence electrons. The largest absolute Gasteiger partial charge is 0.371 e. The number of nitrogens with two attached hydrogens (primary N) is 1. The van der Waals surface area contributed by atoms with E-state index in [0.29, 0.717) is 6.54 Å². The van der Waals surface area contributed by atoms with Gasteiger partial charge in [0.1, 0.15) is 0 Å². The van der Waals surface area contributed by atoms with E-state index in [4.69, 9.17) is 5.73 Å². The van der Waals surface area contributed by atoms with E-state index in [1.165, 1.54) is 37.2 Å². The Labute approximate surface area is 116 Å². The van der Waals surface area contributed by atoms with Crippen LogP contribution in [-0.2, 0) is 6.54 Å². The Morgan fingerprint density at radius 3 is 2.35 bits per heavy atom. The van der Waals surface area contributed by atoms with E-state index in [9.17, 15) is 0 Å². The van der Waals surface area contributed by atoms with E-state index in [2.05, 4.69) is 36.1 Å². The molecule has 0 bridgehead atoms. The van der Waals surface area contributed by atoms with E-state index in [-0.39, 0.29) is 24.8 Å². The third-order valence-electron chi connectivity index (χ3n) is 3.34. The van der Waals surface area contributed by atoms with Crippen LogP contribution >= 0.6 is 24.8 Å². The number of hydrogen-bond donors (Lipinski definition) is 1. The molecule has 0 spiro atoms. The van der Waals surface area contributed by atoms with E-state index < -0.39 is 0 Å². The minimum absolute atomic E-state index is 0. The summed E-state index contributed by atoms with van der Waals surface area (Å²) >= 11 is 0. The third kappa shape index (κ3) is 4.06. The second-order valence-electron chi connectivity index (χ2n) is 4.50. The molecule has 1 aromatic rings. The van der Waals surface area contributed by atoms with Crippen LogP contribution in [0.25, 0.3) is 0 Å². The van der Waals surface area contributed by atoms with Crippen LogP contribution in [0.5, 0.6) is 0 Å². The van der Waals surface area contributed by atoms with Crippen molar-refractivity contribution in [2.75, 3.05) is 18.0 Å². The average molecular weight is 277 g/mol. The molecule has 0 aliphatic carbocycles. The van der Waals surface area contributed by atoms with Gasteiger partial charge in [-0.3, -0.25) is 0 Å². The van der Waals surface area contributed by atoms with Crippen LogP contribution in [0.1, 0.15) is 25.3 Å². The standard InChI is InChI=1S/C13H20N2.2ClH/c1-11-6-8-15(9-7-11)13-5-3-2-4-12(13)10-14;;/h2-5,11H,6-10,14H2,1H3;2*1H. The van der Waals surface area contributed by atoms with E-state index >= 15 is 0 Å². The fourth-order valence-electron chi connectivity index (χ4n) is 2.24. The predicted molar refractivity (Wildman–Crippen MR) is 79.4 cm³/mol. The first-order valence-electron chi connectivity index (χ1n) is 5.84. The molecule has 2 N–H and O–H groups in total. The number of piperidine rings is 1. The summed E-state index contributed by atoms with van der Waals surface area (Å²) in [5.41, 5.74) is 8.37. The van der Waals surface area contributed by atoms with Gasteiger partial charge in [0.15, 0.2) is 0 Å². The highest BCUT2D eigenvalue weighted by Crippen LogP contribution is 2.25. The molecule has 0 saturated carbocycles. The molecule has 1 aliphatic rings. The zero-order chi connectivity index (χ0) is 10.7. The summed E-state index contributed by atoms with van der Waals surface area (Å²) in [6, 6.07) is 8.50. The first-order valence-corrected chi connectivity index (χ1v) is 5.84. The topological polar surface area (TPSA) is 29.3 Å². The number of hydrogen-bond acceptors (Lipinski definition) is 2. The molecule has 2 rings (SSSR count). The summed E-state index contributed by atoms with van der Waals surface area (Å²) in [6.07, 6.45) is 2.61. The van der Waals surface area contributed by atoms with Gasteiger partial charge in [-0.25, -0.2) is 0 Å². The third-order valence-corrected chi connectivity index (χ3v) is 3.34. The summed E-state index contributed by atoms with van der Waals surface area (Å²) in [4.78, 5) is 2.47. The minimum Gasteiger partial charge on any atom is -0.371 e. The molecule has 1 heterocycles. The van der Waals surface area contributed by atoms with Gasteiger partial charge in [-0.05, 0) is 30.4 Å². The summed E-state index contributed by atoms with van der Waals surface area (Å²) in [6.45, 7) is 5.34. The predicted octanol–water partition coefficient (Wildman–Crippen LogP) is 3.23. The highest BCUT2D eigenvalue weighted by atomic mass is 35.5. The Balaban J connectivity index is 0.00000128. The number of benzene rings is 1. The first-order chi connectivity index (χ1) is 7.31. The van der Waals surface area contributed by atoms with Crippen molar-refractivity contribution in [3.05, 3.63) is 29.8 Å². The molecule has 0 atom stereocenters. The van der Waals surface area contributed by atoms with Crippen LogP contribution in [0.15, 0.2) is 24.3 Å². The van der Waals surface area contributed by atoms with Gasteiger partial charge < -0.3 is 10.6 Å². The summed E-state index contributed by atoms with van der Waals surface area (Å²) in [7, 11) is 0. The smallest absolute Gasteiger partial charge is 0.0411 e. The van der Waals surface area contributed by atoms with E-state index in [1.54, 1.807) is 0 Å². The normalized spacial score (nSPS) is 16.0. The fourth-order valence-corrected chi connectivity index (χ4v) is 2.24. The highest BCUT2D eigenvalue weighted by molar-refractivity contribution is 5.85. The maximum absolute atomic E-state index is 5.76. The van der Waals surface area contributed by atoms with Crippen molar-refractivity contribution in [2.45, 2.75) is 26.3 Å². The number of para-hydroxylation sites is 1. The lowest BCUT2D eigenvalue weighted by atomic mass is 9.98. The second kappa shape index (κ2) is 7.80. The van der Waals surface area contributed by atoms with Gasteiger partial charge in [0, 0.05) is 25.3 Å². The molecule has 1 aromatic carbocycles. The zero-order valence-corrected chi connectivity index (χ0v) is 11.9. The van der Waals surface area contributed by atoms with Crippen molar-refractivity contribution in [1.29, 1.82) is 0 Å². The number of halogens is 2. The molecule has 2 nitrogen and oxygen atoms in total. The molecule has 1 aliphatic heterocycles. The Hall–Kier alpha value is -0.440. The molecule has 17 heavy (non-hydrogen) atoms. The second-order valence-corrected chi connectivity index (χ2v) is 4.50. The molecule has 4 heteroatoms. The van der Waals surface area contributed by atoms with Gasteiger partial charge in [-0.2, -0.15) is 0 Å². The van der Waals surface area contributed by atoms with Gasteiger partial charge in [0.05, 0.1) is 0 Å². The van der Waals surface area contributed by atoms with Crippen molar-refractivity contribution in [3.63, 3.8) is 0 Å². The summed E-state index contributed by atoms with van der Waals surface area (Å²) in [5, 5.41) is 0. The Morgan fingerprint density at radius 1 is 1.18 bits per heavy atom. The lowest BCUT2D eigenvalue weighted by molar-refractivity contribution is 0.438. The quantitative estimate of drug-likeness (QED) is 0.899. The summed E-state index contributed by atoms with van der Waals surface area (Å²) in [5.74, 6) is 0.881. The van der Waals surface area contributed by atoms with E-state index in [1.807, 2.05) is 0 Å². The van der Waals surface area contributed by atoms with Crippen molar-refractivity contribution in [2.24, 2.45) is 11.7 Å². The Kier molecular flexibility index (Phi) is 7.60. The average Bonchev–Trinajstić information content (AvgIpc) is 2.30. The van der Waals surface area contributed by atoms with Crippen molar-refractivity contribution < 1.29 is 0 Å². The van der Waals surface area contributed by atoms with Gasteiger partial charge in [-0.15, -0.1) is 24.8 Å².